The topological polar surface area (TPSA) is 79.7 Å². The summed E-state index contributed by atoms with van der Waals surface area (Å²) in [6.07, 6.45) is 5.43. The van der Waals surface area contributed by atoms with E-state index in [0.29, 0.717) is 45.6 Å². The number of anilines is 1. The Morgan fingerprint density at radius 3 is 2.73 bits per heavy atom. The summed E-state index contributed by atoms with van der Waals surface area (Å²) in [7, 11) is 0. The molecule has 0 aliphatic carbocycles. The monoisotopic (exact) mass is 507 g/mol. The molecule has 3 aromatic rings. The van der Waals surface area contributed by atoms with Crippen molar-refractivity contribution in [2.45, 2.75) is 46.1 Å². The van der Waals surface area contributed by atoms with Gasteiger partial charge in [0.15, 0.2) is 0 Å². The number of nitrogens with zero attached hydrogens (tertiary/aromatic N) is 4. The fourth-order valence-electron chi connectivity index (χ4n) is 4.65. The van der Waals surface area contributed by atoms with Crippen LogP contribution in [-0.2, 0) is 16.2 Å². The zero-order chi connectivity index (χ0) is 26.4. The second-order valence-corrected chi connectivity index (χ2v) is 9.23. The Balaban J connectivity index is 1.57. The number of carbonyl (C=O) groups excluding carboxylic acids is 1. The van der Waals surface area contributed by atoms with Gasteiger partial charge in [-0.2, -0.15) is 0 Å². The molecule has 1 fully saturated rings. The Morgan fingerprint density at radius 1 is 1.24 bits per heavy atom. The van der Waals surface area contributed by atoms with E-state index in [4.69, 9.17) is 4.84 Å². The number of amides is 1. The second kappa shape index (κ2) is 11.9. The molecule has 2 aromatic carbocycles. The minimum atomic E-state index is -0.486. The van der Waals surface area contributed by atoms with E-state index < -0.39 is 11.6 Å². The summed E-state index contributed by atoms with van der Waals surface area (Å²) in [6, 6.07) is 7.40. The quantitative estimate of drug-likeness (QED) is 0.164. The number of halogens is 2. The van der Waals surface area contributed by atoms with Crippen molar-refractivity contribution in [1.82, 2.24) is 15.3 Å². The number of nitrogens with one attached hydrogen (secondary N) is 1. The van der Waals surface area contributed by atoms with Crippen LogP contribution in [0.15, 0.2) is 54.2 Å². The molecule has 1 N–H and O–H groups in total. The van der Waals surface area contributed by atoms with Crippen LogP contribution >= 0.6 is 0 Å². The van der Waals surface area contributed by atoms with Gasteiger partial charge >= 0.3 is 0 Å². The molecule has 0 atom stereocenters. The van der Waals surface area contributed by atoms with Crippen molar-refractivity contribution in [1.29, 1.82) is 0 Å². The molecule has 1 saturated heterocycles. The molecule has 0 bridgehead atoms. The first-order valence-corrected chi connectivity index (χ1v) is 12.5. The fraction of sp³-hybridized carbons (Fsp3) is 0.357. The van der Waals surface area contributed by atoms with Crippen LogP contribution in [-0.4, -0.2) is 35.2 Å². The average Bonchev–Trinajstić information content (AvgIpc) is 2.90. The number of piperidine rings is 1. The number of oxime groups is 1. The van der Waals surface area contributed by atoms with Crippen LogP contribution in [0.5, 0.6) is 0 Å². The summed E-state index contributed by atoms with van der Waals surface area (Å²) in [5.74, 6) is 0.657. The summed E-state index contributed by atoms with van der Waals surface area (Å²) in [5.41, 5.74) is 2.80. The molecule has 1 amide bonds. The van der Waals surface area contributed by atoms with Gasteiger partial charge < -0.3 is 15.1 Å². The third kappa shape index (κ3) is 6.10. The van der Waals surface area contributed by atoms with E-state index in [2.05, 4.69) is 38.8 Å². The van der Waals surface area contributed by atoms with Gasteiger partial charge in [0, 0.05) is 48.5 Å². The largest absolute Gasteiger partial charge is 0.362 e. The van der Waals surface area contributed by atoms with E-state index in [0.717, 1.165) is 44.5 Å². The Hall–Kier alpha value is -3.88. The first-order chi connectivity index (χ1) is 17.9. The van der Waals surface area contributed by atoms with Crippen LogP contribution in [0.2, 0.25) is 0 Å². The number of aromatic nitrogens is 2. The molecule has 37 heavy (non-hydrogen) atoms. The van der Waals surface area contributed by atoms with E-state index in [-0.39, 0.29) is 12.5 Å². The lowest BCUT2D eigenvalue weighted by Gasteiger charge is -2.33. The minimum absolute atomic E-state index is 0.0750. The zero-order valence-corrected chi connectivity index (χ0v) is 21.1. The maximum atomic E-state index is 14.8. The van der Waals surface area contributed by atoms with E-state index in [9.17, 15) is 13.6 Å². The summed E-state index contributed by atoms with van der Waals surface area (Å²) in [6.45, 7) is 9.44. The maximum Gasteiger partial charge on any atom is 0.207 e. The van der Waals surface area contributed by atoms with Crippen molar-refractivity contribution in [3.63, 3.8) is 0 Å². The molecule has 0 saturated carbocycles. The van der Waals surface area contributed by atoms with Crippen molar-refractivity contribution < 1.29 is 18.4 Å². The van der Waals surface area contributed by atoms with Crippen molar-refractivity contribution in [3.05, 3.63) is 66.2 Å². The lowest BCUT2D eigenvalue weighted by atomic mass is 9.92. The van der Waals surface area contributed by atoms with Crippen LogP contribution in [0, 0.1) is 17.6 Å². The Kier molecular flexibility index (Phi) is 8.43. The van der Waals surface area contributed by atoms with Gasteiger partial charge in [-0.3, -0.25) is 4.79 Å². The molecule has 2 heterocycles. The highest BCUT2D eigenvalue weighted by atomic mass is 19.1. The van der Waals surface area contributed by atoms with Crippen LogP contribution in [0.3, 0.4) is 0 Å². The molecule has 194 valence electrons. The highest BCUT2D eigenvalue weighted by molar-refractivity contribution is 5.99. The smallest absolute Gasteiger partial charge is 0.207 e. The highest BCUT2D eigenvalue weighted by Gasteiger charge is 2.25. The number of carbonyl (C=O) groups is 1. The van der Waals surface area contributed by atoms with Gasteiger partial charge in [0.2, 0.25) is 6.41 Å². The number of hydrogen-bond donors (Lipinski definition) is 1. The van der Waals surface area contributed by atoms with Crippen molar-refractivity contribution in [2.24, 2.45) is 11.1 Å². The molecule has 4 rings (SSSR count). The number of rotatable bonds is 10. The number of fused-ring (bicyclic) bond motifs is 1. The Morgan fingerprint density at radius 2 is 2.03 bits per heavy atom. The first kappa shape index (κ1) is 26.2. The molecule has 7 nitrogen and oxygen atoms in total. The summed E-state index contributed by atoms with van der Waals surface area (Å²) < 4.78 is 29.5. The summed E-state index contributed by atoms with van der Waals surface area (Å²) in [4.78, 5) is 27.0. The van der Waals surface area contributed by atoms with E-state index >= 15 is 0 Å². The van der Waals surface area contributed by atoms with Crippen LogP contribution < -0.4 is 10.2 Å². The fourth-order valence-corrected chi connectivity index (χ4v) is 4.65. The van der Waals surface area contributed by atoms with Crippen molar-refractivity contribution in [3.8, 4) is 11.1 Å². The van der Waals surface area contributed by atoms with Crippen molar-refractivity contribution >= 4 is 28.8 Å². The second-order valence-electron chi connectivity index (χ2n) is 9.23. The molecule has 1 aromatic heterocycles. The zero-order valence-electron chi connectivity index (χ0n) is 21.1. The van der Waals surface area contributed by atoms with E-state index in [1.165, 1.54) is 24.5 Å². The SMILES string of the molecule is C=C(CCC)O/N=C(\C)C1CCN(c2ncnc3c(-c4ccc(CNC=O)c(F)c4)cc(F)cc23)CC1. The van der Waals surface area contributed by atoms with Gasteiger partial charge in [-0.1, -0.05) is 30.8 Å². The van der Waals surface area contributed by atoms with Crippen molar-refractivity contribution in [2.75, 3.05) is 18.0 Å². The third-order valence-corrected chi connectivity index (χ3v) is 6.66. The number of hydrogen-bond acceptors (Lipinski definition) is 6. The van der Waals surface area contributed by atoms with Gasteiger partial charge in [0.25, 0.3) is 0 Å². The molecule has 1 aliphatic rings. The third-order valence-electron chi connectivity index (χ3n) is 6.66. The highest BCUT2D eigenvalue weighted by Crippen LogP contribution is 2.34. The molecular weight excluding hydrogens is 476 g/mol. The molecular formula is C28H31F2N5O2. The van der Waals surface area contributed by atoms with Gasteiger partial charge in [-0.15, -0.1) is 0 Å². The first-order valence-electron chi connectivity index (χ1n) is 12.5. The predicted octanol–water partition coefficient (Wildman–Crippen LogP) is 5.74. The number of benzene rings is 2. The predicted molar refractivity (Wildman–Crippen MR) is 141 cm³/mol. The normalized spacial score (nSPS) is 14.6. The molecule has 1 aliphatic heterocycles. The van der Waals surface area contributed by atoms with Gasteiger partial charge in [-0.05, 0) is 49.9 Å². The van der Waals surface area contributed by atoms with Crippen LogP contribution in [0.25, 0.3) is 22.0 Å². The average molecular weight is 508 g/mol. The van der Waals surface area contributed by atoms with E-state index in [1.54, 1.807) is 12.1 Å². The minimum Gasteiger partial charge on any atom is -0.362 e. The van der Waals surface area contributed by atoms with Crippen LogP contribution in [0.1, 0.15) is 45.1 Å². The molecule has 0 unspecified atom stereocenters. The van der Waals surface area contributed by atoms with E-state index in [1.807, 2.05) is 6.92 Å². The maximum absolute atomic E-state index is 14.8. The Bertz CT molecular complexity index is 1320. The number of allylic oxidation sites excluding steroid dienone is 1. The summed E-state index contributed by atoms with van der Waals surface area (Å²) >= 11 is 0. The lowest BCUT2D eigenvalue weighted by molar-refractivity contribution is -0.109. The molecule has 0 spiro atoms. The molecule has 0 radical (unpaired) electrons. The Labute approximate surface area is 215 Å². The van der Waals surface area contributed by atoms with Crippen LogP contribution in [0.4, 0.5) is 14.6 Å². The standard InChI is InChI=1S/C28H31F2N5O2/c1-4-5-18(2)37-34-19(3)20-8-10-35(11-9-20)28-25-14-23(29)13-24(27(25)32-16-33-28)21-6-7-22(15-31-17-36)26(30)12-21/h6-7,12-14,16-17,20H,2,4-5,8-11,15H2,1,3H3,(H,31,36)/b34-19+. The molecule has 9 heteroatoms. The lowest BCUT2D eigenvalue weighted by Crippen LogP contribution is -2.36. The summed E-state index contributed by atoms with van der Waals surface area (Å²) in [5, 5.41) is 7.30. The van der Waals surface area contributed by atoms with Gasteiger partial charge in [-0.25, -0.2) is 18.7 Å². The van der Waals surface area contributed by atoms with Gasteiger partial charge in [0.1, 0.15) is 29.5 Å². The van der Waals surface area contributed by atoms with Gasteiger partial charge in [0.05, 0.1) is 11.2 Å².